The standard InChI is InChI=1S/C14H19N/c1-11-10-12-6-2-3-7-13(12)14(11)15-8-4-5-9-15/h2-3,6-7,11,14H,4-5,8-10H2,1H3/t11-,14-/m0/s1. The van der Waals surface area contributed by atoms with E-state index < -0.39 is 0 Å². The first-order valence-corrected chi connectivity index (χ1v) is 6.18. The molecule has 1 nitrogen and oxygen atoms in total. The molecule has 1 aliphatic carbocycles. The lowest BCUT2D eigenvalue weighted by Gasteiger charge is -2.28. The normalized spacial score (nSPS) is 30.7. The molecule has 15 heavy (non-hydrogen) atoms. The zero-order chi connectivity index (χ0) is 10.3. The fourth-order valence-electron chi connectivity index (χ4n) is 3.35. The Morgan fingerprint density at radius 3 is 2.67 bits per heavy atom. The lowest BCUT2D eigenvalue weighted by Crippen LogP contribution is -2.27. The molecular formula is C14H19N. The van der Waals surface area contributed by atoms with Crippen molar-refractivity contribution < 1.29 is 0 Å². The van der Waals surface area contributed by atoms with Gasteiger partial charge in [-0.15, -0.1) is 0 Å². The SMILES string of the molecule is C[C@H]1Cc2ccccc2[C@H]1N1CCCC1. The zero-order valence-electron chi connectivity index (χ0n) is 9.45. The predicted octanol–water partition coefficient (Wildman–Crippen LogP) is 3.02. The van der Waals surface area contributed by atoms with E-state index in [-0.39, 0.29) is 0 Å². The maximum absolute atomic E-state index is 2.69. The van der Waals surface area contributed by atoms with Crippen molar-refractivity contribution >= 4 is 0 Å². The van der Waals surface area contributed by atoms with E-state index in [1.54, 1.807) is 11.1 Å². The third-order valence-electron chi connectivity index (χ3n) is 3.99. The van der Waals surface area contributed by atoms with E-state index in [9.17, 15) is 0 Å². The van der Waals surface area contributed by atoms with Gasteiger partial charge in [-0.2, -0.15) is 0 Å². The van der Waals surface area contributed by atoms with Crippen LogP contribution >= 0.6 is 0 Å². The van der Waals surface area contributed by atoms with E-state index in [1.165, 1.54) is 32.4 Å². The number of nitrogens with zero attached hydrogens (tertiary/aromatic N) is 1. The van der Waals surface area contributed by atoms with Crippen molar-refractivity contribution in [1.29, 1.82) is 0 Å². The highest BCUT2D eigenvalue weighted by atomic mass is 15.2. The molecule has 0 amide bonds. The van der Waals surface area contributed by atoms with E-state index >= 15 is 0 Å². The highest BCUT2D eigenvalue weighted by Gasteiger charge is 2.34. The summed E-state index contributed by atoms with van der Waals surface area (Å²) < 4.78 is 0. The molecular weight excluding hydrogens is 182 g/mol. The molecule has 80 valence electrons. The topological polar surface area (TPSA) is 3.24 Å². The number of fused-ring (bicyclic) bond motifs is 1. The summed E-state index contributed by atoms with van der Waals surface area (Å²) in [6.07, 6.45) is 4.06. The molecule has 0 saturated carbocycles. The van der Waals surface area contributed by atoms with Gasteiger partial charge in [0.05, 0.1) is 0 Å². The second kappa shape index (κ2) is 3.64. The molecule has 1 fully saturated rings. The lowest BCUT2D eigenvalue weighted by molar-refractivity contribution is 0.199. The molecule has 1 aromatic carbocycles. The number of rotatable bonds is 1. The van der Waals surface area contributed by atoms with Crippen LogP contribution in [-0.2, 0) is 6.42 Å². The summed E-state index contributed by atoms with van der Waals surface area (Å²) in [4.78, 5) is 2.69. The van der Waals surface area contributed by atoms with Crippen molar-refractivity contribution in [3.63, 3.8) is 0 Å². The van der Waals surface area contributed by atoms with Gasteiger partial charge in [0.25, 0.3) is 0 Å². The highest BCUT2D eigenvalue weighted by molar-refractivity contribution is 5.35. The first kappa shape index (κ1) is 9.41. The van der Waals surface area contributed by atoms with Crippen molar-refractivity contribution in [3.8, 4) is 0 Å². The first-order chi connectivity index (χ1) is 7.36. The lowest BCUT2D eigenvalue weighted by atomic mass is 10.0. The molecule has 2 aliphatic rings. The number of benzene rings is 1. The molecule has 0 bridgehead atoms. The van der Waals surface area contributed by atoms with Crippen molar-refractivity contribution in [2.45, 2.75) is 32.2 Å². The van der Waals surface area contributed by atoms with Gasteiger partial charge >= 0.3 is 0 Å². The van der Waals surface area contributed by atoms with Crippen LogP contribution in [0, 0.1) is 5.92 Å². The molecule has 0 aromatic heterocycles. The largest absolute Gasteiger partial charge is 0.296 e. The average molecular weight is 201 g/mol. The van der Waals surface area contributed by atoms with E-state index in [4.69, 9.17) is 0 Å². The van der Waals surface area contributed by atoms with Crippen LogP contribution in [0.1, 0.15) is 36.9 Å². The van der Waals surface area contributed by atoms with E-state index in [0.29, 0.717) is 6.04 Å². The van der Waals surface area contributed by atoms with E-state index in [0.717, 1.165) is 5.92 Å². The minimum atomic E-state index is 0.712. The number of likely N-dealkylation sites (tertiary alicyclic amines) is 1. The minimum absolute atomic E-state index is 0.712. The Morgan fingerprint density at radius 1 is 1.13 bits per heavy atom. The van der Waals surface area contributed by atoms with Gasteiger partial charge in [0.2, 0.25) is 0 Å². The summed E-state index contributed by atoms with van der Waals surface area (Å²) in [5.74, 6) is 0.806. The van der Waals surface area contributed by atoms with Gasteiger partial charge in [0.1, 0.15) is 0 Å². The molecule has 1 aliphatic heterocycles. The molecule has 0 N–H and O–H groups in total. The average Bonchev–Trinajstić information content (AvgIpc) is 2.82. The van der Waals surface area contributed by atoms with Crippen LogP contribution in [0.3, 0.4) is 0 Å². The van der Waals surface area contributed by atoms with Gasteiger partial charge in [0.15, 0.2) is 0 Å². The van der Waals surface area contributed by atoms with Crippen LogP contribution in [0.4, 0.5) is 0 Å². The van der Waals surface area contributed by atoms with Crippen LogP contribution in [-0.4, -0.2) is 18.0 Å². The molecule has 1 heteroatoms. The second-order valence-corrected chi connectivity index (χ2v) is 5.07. The summed E-state index contributed by atoms with van der Waals surface area (Å²) in [6, 6.07) is 9.73. The Bertz CT molecular complexity index is 352. The summed E-state index contributed by atoms with van der Waals surface area (Å²) in [6.45, 7) is 5.02. The molecule has 1 aromatic rings. The van der Waals surface area contributed by atoms with Crippen molar-refractivity contribution in [2.24, 2.45) is 5.92 Å². The Hall–Kier alpha value is -0.820. The monoisotopic (exact) mass is 201 g/mol. The smallest absolute Gasteiger partial charge is 0.0379 e. The Kier molecular flexibility index (Phi) is 2.28. The van der Waals surface area contributed by atoms with Crippen LogP contribution in [0.25, 0.3) is 0 Å². The highest BCUT2D eigenvalue weighted by Crippen LogP contribution is 2.41. The molecule has 3 rings (SSSR count). The minimum Gasteiger partial charge on any atom is -0.296 e. The van der Waals surface area contributed by atoms with Gasteiger partial charge in [-0.25, -0.2) is 0 Å². The van der Waals surface area contributed by atoms with Gasteiger partial charge in [0, 0.05) is 6.04 Å². The summed E-state index contributed by atoms with van der Waals surface area (Å²) >= 11 is 0. The summed E-state index contributed by atoms with van der Waals surface area (Å²) in [5.41, 5.74) is 3.19. The fourth-order valence-corrected chi connectivity index (χ4v) is 3.35. The molecule has 1 heterocycles. The van der Waals surface area contributed by atoms with Gasteiger partial charge < -0.3 is 0 Å². The second-order valence-electron chi connectivity index (χ2n) is 5.07. The molecule has 1 saturated heterocycles. The van der Waals surface area contributed by atoms with Gasteiger partial charge in [-0.1, -0.05) is 31.2 Å². The van der Waals surface area contributed by atoms with Crippen molar-refractivity contribution in [2.75, 3.05) is 13.1 Å². The molecule has 0 radical (unpaired) electrons. The van der Waals surface area contributed by atoms with E-state index in [2.05, 4.69) is 36.1 Å². The maximum atomic E-state index is 2.69. The van der Waals surface area contributed by atoms with Crippen LogP contribution in [0.2, 0.25) is 0 Å². The number of hydrogen-bond acceptors (Lipinski definition) is 1. The predicted molar refractivity (Wildman–Crippen MR) is 62.9 cm³/mol. The zero-order valence-corrected chi connectivity index (χ0v) is 9.45. The summed E-state index contributed by atoms with van der Waals surface area (Å²) in [5, 5.41) is 0. The first-order valence-electron chi connectivity index (χ1n) is 6.18. The Labute approximate surface area is 92.1 Å². The van der Waals surface area contributed by atoms with Gasteiger partial charge in [-0.05, 0) is 49.4 Å². The van der Waals surface area contributed by atoms with E-state index in [1.807, 2.05) is 0 Å². The van der Waals surface area contributed by atoms with Crippen LogP contribution in [0.5, 0.6) is 0 Å². The quantitative estimate of drug-likeness (QED) is 0.675. The Morgan fingerprint density at radius 2 is 1.87 bits per heavy atom. The fraction of sp³-hybridized carbons (Fsp3) is 0.571. The summed E-state index contributed by atoms with van der Waals surface area (Å²) in [7, 11) is 0. The molecule has 2 atom stereocenters. The molecule has 0 spiro atoms. The van der Waals surface area contributed by atoms with Gasteiger partial charge in [-0.3, -0.25) is 4.90 Å². The third-order valence-corrected chi connectivity index (χ3v) is 3.99. The molecule has 0 unspecified atom stereocenters. The Balaban J connectivity index is 1.94. The van der Waals surface area contributed by atoms with Crippen LogP contribution < -0.4 is 0 Å². The van der Waals surface area contributed by atoms with Crippen molar-refractivity contribution in [3.05, 3.63) is 35.4 Å². The van der Waals surface area contributed by atoms with Crippen molar-refractivity contribution in [1.82, 2.24) is 4.90 Å². The number of hydrogen-bond donors (Lipinski definition) is 0. The maximum Gasteiger partial charge on any atom is 0.0379 e. The third kappa shape index (κ3) is 1.50. The van der Waals surface area contributed by atoms with Crippen LogP contribution in [0.15, 0.2) is 24.3 Å².